The van der Waals surface area contributed by atoms with Crippen LogP contribution in [0.5, 0.6) is 0 Å². The van der Waals surface area contributed by atoms with Gasteiger partial charge >= 0.3 is 0 Å². The molecule has 1 heterocycles. The molecule has 1 N–H and O–H groups in total. The monoisotopic (exact) mass is 267 g/mol. The van der Waals surface area contributed by atoms with E-state index in [1.165, 1.54) is 5.56 Å². The Morgan fingerprint density at radius 2 is 2.06 bits per heavy atom. The standard InChI is InChI=1S/C14H21NO2S/c1-12(13-6-3-2-4-7-13)10-15-11-14-8-5-9-18(14,16)17/h2-4,6-7,12,14-15H,5,8-11H2,1H3. The van der Waals surface area contributed by atoms with E-state index in [9.17, 15) is 8.42 Å². The first-order valence-corrected chi connectivity index (χ1v) is 8.28. The van der Waals surface area contributed by atoms with Crippen molar-refractivity contribution in [3.05, 3.63) is 35.9 Å². The molecule has 0 bridgehead atoms. The molecule has 1 aromatic rings. The van der Waals surface area contributed by atoms with E-state index in [-0.39, 0.29) is 5.25 Å². The SMILES string of the molecule is CC(CNCC1CCCS1(=O)=O)c1ccccc1. The van der Waals surface area contributed by atoms with Gasteiger partial charge in [-0.2, -0.15) is 0 Å². The lowest BCUT2D eigenvalue weighted by Gasteiger charge is -2.15. The Labute approximate surface area is 110 Å². The van der Waals surface area contributed by atoms with E-state index in [1.807, 2.05) is 18.2 Å². The summed E-state index contributed by atoms with van der Waals surface area (Å²) in [6, 6.07) is 10.3. The third-order valence-electron chi connectivity index (χ3n) is 3.65. The van der Waals surface area contributed by atoms with Gasteiger partial charge in [0.25, 0.3) is 0 Å². The summed E-state index contributed by atoms with van der Waals surface area (Å²) in [7, 11) is -2.81. The van der Waals surface area contributed by atoms with Crippen molar-refractivity contribution in [2.45, 2.75) is 30.9 Å². The normalized spacial score (nSPS) is 23.9. The zero-order valence-corrected chi connectivity index (χ0v) is 11.6. The van der Waals surface area contributed by atoms with E-state index in [0.717, 1.165) is 19.4 Å². The van der Waals surface area contributed by atoms with E-state index in [4.69, 9.17) is 0 Å². The summed E-state index contributed by atoms with van der Waals surface area (Å²) in [5.41, 5.74) is 1.29. The molecule has 3 nitrogen and oxygen atoms in total. The van der Waals surface area contributed by atoms with Crippen LogP contribution in [0.4, 0.5) is 0 Å². The van der Waals surface area contributed by atoms with Crippen molar-refractivity contribution in [2.24, 2.45) is 0 Å². The number of rotatable bonds is 5. The highest BCUT2D eigenvalue weighted by Crippen LogP contribution is 2.19. The topological polar surface area (TPSA) is 46.2 Å². The summed E-state index contributed by atoms with van der Waals surface area (Å²) >= 11 is 0. The maximum absolute atomic E-state index is 11.7. The number of hydrogen-bond donors (Lipinski definition) is 1. The van der Waals surface area contributed by atoms with Gasteiger partial charge in [-0.05, 0) is 24.3 Å². The van der Waals surface area contributed by atoms with Gasteiger partial charge in [0.1, 0.15) is 0 Å². The number of sulfone groups is 1. The Kier molecular flexibility index (Phi) is 4.40. The van der Waals surface area contributed by atoms with Gasteiger partial charge in [-0.15, -0.1) is 0 Å². The van der Waals surface area contributed by atoms with Crippen LogP contribution >= 0.6 is 0 Å². The Bertz CT molecular complexity index is 470. The molecule has 2 rings (SSSR count). The van der Waals surface area contributed by atoms with E-state index < -0.39 is 9.84 Å². The molecule has 1 aromatic carbocycles. The second-order valence-electron chi connectivity index (χ2n) is 5.10. The minimum Gasteiger partial charge on any atom is -0.315 e. The molecule has 4 heteroatoms. The molecule has 1 fully saturated rings. The van der Waals surface area contributed by atoms with Gasteiger partial charge < -0.3 is 5.32 Å². The Morgan fingerprint density at radius 1 is 1.33 bits per heavy atom. The van der Waals surface area contributed by atoms with Gasteiger partial charge in [-0.1, -0.05) is 37.3 Å². The highest BCUT2D eigenvalue weighted by Gasteiger charge is 2.30. The largest absolute Gasteiger partial charge is 0.315 e. The van der Waals surface area contributed by atoms with Crippen LogP contribution in [-0.4, -0.2) is 32.5 Å². The Morgan fingerprint density at radius 3 is 2.67 bits per heavy atom. The summed E-state index contributed by atoms with van der Waals surface area (Å²) in [4.78, 5) is 0. The summed E-state index contributed by atoms with van der Waals surface area (Å²) in [6.07, 6.45) is 1.64. The second-order valence-corrected chi connectivity index (χ2v) is 7.50. The highest BCUT2D eigenvalue weighted by molar-refractivity contribution is 7.92. The molecule has 0 amide bonds. The minimum absolute atomic E-state index is 0.166. The van der Waals surface area contributed by atoms with Gasteiger partial charge in [0.05, 0.1) is 11.0 Å². The van der Waals surface area contributed by atoms with E-state index >= 15 is 0 Å². The molecule has 0 aromatic heterocycles. The van der Waals surface area contributed by atoms with Crippen LogP contribution in [0.25, 0.3) is 0 Å². The zero-order chi connectivity index (χ0) is 13.0. The molecule has 0 spiro atoms. The van der Waals surface area contributed by atoms with Gasteiger partial charge in [-0.3, -0.25) is 0 Å². The summed E-state index contributed by atoms with van der Waals surface area (Å²) in [6.45, 7) is 3.58. The van der Waals surface area contributed by atoms with Crippen molar-refractivity contribution in [3.8, 4) is 0 Å². The number of hydrogen-bond acceptors (Lipinski definition) is 3. The van der Waals surface area contributed by atoms with Gasteiger partial charge in [0, 0.05) is 13.1 Å². The quantitative estimate of drug-likeness (QED) is 0.887. The first-order valence-electron chi connectivity index (χ1n) is 6.57. The fraction of sp³-hybridized carbons (Fsp3) is 0.571. The molecule has 0 saturated carbocycles. The lowest BCUT2D eigenvalue weighted by molar-refractivity contribution is 0.561. The average molecular weight is 267 g/mol. The lowest BCUT2D eigenvalue weighted by atomic mass is 10.0. The molecule has 18 heavy (non-hydrogen) atoms. The minimum atomic E-state index is -2.81. The van der Waals surface area contributed by atoms with Crippen LogP contribution in [0.3, 0.4) is 0 Å². The van der Waals surface area contributed by atoms with Gasteiger partial charge in [0.2, 0.25) is 0 Å². The van der Waals surface area contributed by atoms with Crippen LogP contribution in [-0.2, 0) is 9.84 Å². The summed E-state index contributed by atoms with van der Waals surface area (Å²) in [5.74, 6) is 0.781. The van der Waals surface area contributed by atoms with Crippen molar-refractivity contribution in [2.75, 3.05) is 18.8 Å². The third kappa shape index (κ3) is 3.33. The highest BCUT2D eigenvalue weighted by atomic mass is 32.2. The zero-order valence-electron chi connectivity index (χ0n) is 10.8. The molecule has 1 aliphatic heterocycles. The molecular weight excluding hydrogens is 246 g/mol. The first-order chi connectivity index (χ1) is 8.59. The van der Waals surface area contributed by atoms with Gasteiger partial charge in [0.15, 0.2) is 9.84 Å². The maximum atomic E-state index is 11.7. The van der Waals surface area contributed by atoms with E-state index in [0.29, 0.717) is 18.2 Å². The molecule has 2 atom stereocenters. The van der Waals surface area contributed by atoms with Crippen LogP contribution in [0.1, 0.15) is 31.2 Å². The molecule has 1 aliphatic rings. The van der Waals surface area contributed by atoms with Crippen molar-refractivity contribution in [1.82, 2.24) is 5.32 Å². The molecular formula is C14H21NO2S. The average Bonchev–Trinajstić information content (AvgIpc) is 2.70. The van der Waals surface area contributed by atoms with E-state index in [2.05, 4.69) is 24.4 Å². The van der Waals surface area contributed by atoms with Gasteiger partial charge in [-0.25, -0.2) is 8.42 Å². The Balaban J connectivity index is 1.79. The van der Waals surface area contributed by atoms with Crippen molar-refractivity contribution in [1.29, 1.82) is 0 Å². The molecule has 100 valence electrons. The van der Waals surface area contributed by atoms with Crippen LogP contribution in [0, 0.1) is 0 Å². The number of benzene rings is 1. The lowest BCUT2D eigenvalue weighted by Crippen LogP contribution is -2.32. The molecule has 2 unspecified atom stereocenters. The number of nitrogens with one attached hydrogen (secondary N) is 1. The third-order valence-corrected chi connectivity index (χ3v) is 5.93. The smallest absolute Gasteiger partial charge is 0.154 e. The van der Waals surface area contributed by atoms with E-state index in [1.54, 1.807) is 0 Å². The predicted octanol–water partition coefficient (Wildman–Crippen LogP) is 1.96. The van der Waals surface area contributed by atoms with Crippen molar-refractivity contribution in [3.63, 3.8) is 0 Å². The Hall–Kier alpha value is -0.870. The predicted molar refractivity (Wildman–Crippen MR) is 74.5 cm³/mol. The van der Waals surface area contributed by atoms with Crippen molar-refractivity contribution < 1.29 is 8.42 Å². The van der Waals surface area contributed by atoms with Crippen LogP contribution < -0.4 is 5.32 Å². The van der Waals surface area contributed by atoms with Crippen molar-refractivity contribution >= 4 is 9.84 Å². The molecule has 0 radical (unpaired) electrons. The first kappa shape index (κ1) is 13.6. The van der Waals surface area contributed by atoms with Crippen LogP contribution in [0.2, 0.25) is 0 Å². The summed E-state index contributed by atoms with van der Waals surface area (Å²) < 4.78 is 23.3. The summed E-state index contributed by atoms with van der Waals surface area (Å²) in [5, 5.41) is 3.14. The fourth-order valence-corrected chi connectivity index (χ4v) is 4.25. The maximum Gasteiger partial charge on any atom is 0.154 e. The fourth-order valence-electron chi connectivity index (χ4n) is 2.45. The van der Waals surface area contributed by atoms with Crippen LogP contribution in [0.15, 0.2) is 30.3 Å². The molecule has 1 saturated heterocycles. The second kappa shape index (κ2) is 5.85. The molecule has 0 aliphatic carbocycles.